The number of nitrogens with two attached hydrogens (primary N) is 1. The van der Waals surface area contributed by atoms with Crippen molar-refractivity contribution in [1.29, 1.82) is 0 Å². The van der Waals surface area contributed by atoms with Crippen LogP contribution in [0.2, 0.25) is 0 Å². The lowest BCUT2D eigenvalue weighted by Crippen LogP contribution is -2.18. The first-order valence-electron chi connectivity index (χ1n) is 4.08. The van der Waals surface area contributed by atoms with Gasteiger partial charge in [-0.25, -0.2) is 0 Å². The first kappa shape index (κ1) is 8.19. The second-order valence-electron chi connectivity index (χ2n) is 3.49. The molecule has 0 aromatic heterocycles. The highest BCUT2D eigenvalue weighted by Gasteiger charge is 2.42. The molecule has 1 aliphatic carbocycles. The van der Waals surface area contributed by atoms with Crippen molar-refractivity contribution in [2.24, 2.45) is 5.73 Å². The Morgan fingerprint density at radius 2 is 1.69 bits per heavy atom. The fourth-order valence-corrected chi connectivity index (χ4v) is 1.37. The van der Waals surface area contributed by atoms with Crippen LogP contribution in [-0.2, 0) is 5.54 Å². The average Bonchev–Trinajstić information content (AvgIpc) is 2.80. The summed E-state index contributed by atoms with van der Waals surface area (Å²) in [5.74, 6) is -1.13. The quantitative estimate of drug-likeness (QED) is 0.481. The number of phenolic OH excluding ortho intramolecular Hbond substituents is 3. The van der Waals surface area contributed by atoms with Crippen LogP contribution in [0.4, 0.5) is 0 Å². The second kappa shape index (κ2) is 2.29. The van der Waals surface area contributed by atoms with Crippen LogP contribution in [-0.4, -0.2) is 15.3 Å². The van der Waals surface area contributed by atoms with Crippen molar-refractivity contribution >= 4 is 0 Å². The molecular weight excluding hydrogens is 170 g/mol. The maximum absolute atomic E-state index is 9.46. The van der Waals surface area contributed by atoms with Crippen LogP contribution in [0.3, 0.4) is 0 Å². The van der Waals surface area contributed by atoms with Gasteiger partial charge in [0.1, 0.15) is 0 Å². The van der Waals surface area contributed by atoms with Gasteiger partial charge < -0.3 is 21.1 Å². The molecule has 1 aliphatic rings. The third-order valence-corrected chi connectivity index (χ3v) is 2.45. The van der Waals surface area contributed by atoms with Crippen molar-refractivity contribution in [2.75, 3.05) is 0 Å². The SMILES string of the molecule is NC1(c2ccc(O)c(O)c2O)CC1. The van der Waals surface area contributed by atoms with Crippen molar-refractivity contribution in [3.63, 3.8) is 0 Å². The second-order valence-corrected chi connectivity index (χ2v) is 3.49. The Morgan fingerprint density at radius 3 is 2.23 bits per heavy atom. The van der Waals surface area contributed by atoms with E-state index in [4.69, 9.17) is 10.8 Å². The zero-order valence-electron chi connectivity index (χ0n) is 6.99. The van der Waals surface area contributed by atoms with E-state index in [1.54, 1.807) is 0 Å². The first-order chi connectivity index (χ1) is 6.04. The van der Waals surface area contributed by atoms with E-state index < -0.39 is 11.3 Å². The topological polar surface area (TPSA) is 86.7 Å². The minimum atomic E-state index is -0.505. The van der Waals surface area contributed by atoms with Crippen LogP contribution in [0.15, 0.2) is 12.1 Å². The van der Waals surface area contributed by atoms with E-state index >= 15 is 0 Å². The number of phenols is 3. The standard InChI is InChI=1S/C9H11NO3/c10-9(3-4-9)5-1-2-6(11)8(13)7(5)12/h1-2,11-13H,3-4,10H2. The van der Waals surface area contributed by atoms with Gasteiger partial charge in [0, 0.05) is 11.1 Å². The molecule has 0 heterocycles. The summed E-state index contributed by atoms with van der Waals surface area (Å²) >= 11 is 0. The summed E-state index contributed by atoms with van der Waals surface area (Å²) < 4.78 is 0. The molecule has 13 heavy (non-hydrogen) atoms. The van der Waals surface area contributed by atoms with Gasteiger partial charge in [-0.2, -0.15) is 0 Å². The molecular formula is C9H11NO3. The Hall–Kier alpha value is -1.42. The van der Waals surface area contributed by atoms with E-state index in [9.17, 15) is 10.2 Å². The third-order valence-electron chi connectivity index (χ3n) is 2.45. The molecule has 1 aromatic carbocycles. The molecule has 5 N–H and O–H groups in total. The summed E-state index contributed by atoms with van der Waals surface area (Å²) in [7, 11) is 0. The predicted octanol–water partition coefficient (Wildman–Crippen LogP) is 0.751. The van der Waals surface area contributed by atoms with E-state index in [-0.39, 0.29) is 11.5 Å². The van der Waals surface area contributed by atoms with Crippen molar-refractivity contribution in [1.82, 2.24) is 0 Å². The molecule has 1 aromatic rings. The predicted molar refractivity (Wildman–Crippen MR) is 46.5 cm³/mol. The zero-order valence-corrected chi connectivity index (χ0v) is 6.99. The van der Waals surface area contributed by atoms with E-state index in [1.165, 1.54) is 12.1 Å². The summed E-state index contributed by atoms with van der Waals surface area (Å²) in [5, 5.41) is 27.7. The van der Waals surface area contributed by atoms with Crippen LogP contribution in [0.5, 0.6) is 17.2 Å². The largest absolute Gasteiger partial charge is 0.504 e. The minimum Gasteiger partial charge on any atom is -0.504 e. The van der Waals surface area contributed by atoms with E-state index in [1.807, 2.05) is 0 Å². The maximum atomic E-state index is 9.46. The Bertz CT molecular complexity index is 358. The normalized spacial score (nSPS) is 18.5. The number of hydrogen-bond donors (Lipinski definition) is 4. The fraction of sp³-hybridized carbons (Fsp3) is 0.333. The average molecular weight is 181 g/mol. The summed E-state index contributed by atoms with van der Waals surface area (Å²) in [6.07, 6.45) is 1.59. The van der Waals surface area contributed by atoms with Gasteiger partial charge in [-0.1, -0.05) is 0 Å². The van der Waals surface area contributed by atoms with Crippen LogP contribution >= 0.6 is 0 Å². The molecule has 0 amide bonds. The van der Waals surface area contributed by atoms with Gasteiger partial charge in [-0.15, -0.1) is 0 Å². The molecule has 0 aliphatic heterocycles. The fourth-order valence-electron chi connectivity index (χ4n) is 1.37. The Morgan fingerprint density at radius 1 is 1.08 bits per heavy atom. The van der Waals surface area contributed by atoms with Gasteiger partial charge in [0.15, 0.2) is 11.5 Å². The molecule has 0 saturated heterocycles. The van der Waals surface area contributed by atoms with Gasteiger partial charge in [0.2, 0.25) is 5.75 Å². The molecule has 0 spiro atoms. The molecule has 0 atom stereocenters. The van der Waals surface area contributed by atoms with E-state index in [0.717, 1.165) is 12.8 Å². The molecule has 70 valence electrons. The number of rotatable bonds is 1. The molecule has 0 unspecified atom stereocenters. The molecule has 0 bridgehead atoms. The molecule has 4 heteroatoms. The molecule has 4 nitrogen and oxygen atoms in total. The molecule has 0 radical (unpaired) electrons. The monoisotopic (exact) mass is 181 g/mol. The van der Waals surface area contributed by atoms with Crippen molar-refractivity contribution in [3.8, 4) is 17.2 Å². The maximum Gasteiger partial charge on any atom is 0.200 e. The van der Waals surface area contributed by atoms with Crippen molar-refractivity contribution in [2.45, 2.75) is 18.4 Å². The lowest BCUT2D eigenvalue weighted by atomic mass is 10.0. The smallest absolute Gasteiger partial charge is 0.200 e. The van der Waals surface area contributed by atoms with E-state index in [0.29, 0.717) is 5.56 Å². The summed E-state index contributed by atoms with van der Waals surface area (Å²) in [5.41, 5.74) is 5.83. The lowest BCUT2D eigenvalue weighted by Gasteiger charge is -2.12. The van der Waals surface area contributed by atoms with Gasteiger partial charge in [0.05, 0.1) is 0 Å². The van der Waals surface area contributed by atoms with E-state index in [2.05, 4.69) is 0 Å². The van der Waals surface area contributed by atoms with Gasteiger partial charge in [-0.05, 0) is 25.0 Å². The van der Waals surface area contributed by atoms with Gasteiger partial charge >= 0.3 is 0 Å². The Labute approximate surface area is 75.2 Å². The highest BCUT2D eigenvalue weighted by atomic mass is 16.3. The third kappa shape index (κ3) is 1.10. The molecule has 1 fully saturated rings. The summed E-state index contributed by atoms with van der Waals surface area (Å²) in [6, 6.07) is 2.87. The lowest BCUT2D eigenvalue weighted by molar-refractivity contribution is 0.362. The van der Waals surface area contributed by atoms with Gasteiger partial charge in [-0.3, -0.25) is 0 Å². The molecule has 2 rings (SSSR count). The van der Waals surface area contributed by atoms with Crippen molar-refractivity contribution in [3.05, 3.63) is 17.7 Å². The van der Waals surface area contributed by atoms with Crippen LogP contribution in [0.1, 0.15) is 18.4 Å². The highest BCUT2D eigenvalue weighted by Crippen LogP contribution is 2.50. The number of hydrogen-bond acceptors (Lipinski definition) is 4. The van der Waals surface area contributed by atoms with Crippen LogP contribution in [0, 0.1) is 0 Å². The number of aromatic hydroxyl groups is 3. The summed E-state index contributed by atoms with van der Waals surface area (Å²) in [4.78, 5) is 0. The van der Waals surface area contributed by atoms with Crippen LogP contribution < -0.4 is 5.73 Å². The molecule has 1 saturated carbocycles. The minimum absolute atomic E-state index is 0.306. The van der Waals surface area contributed by atoms with Crippen molar-refractivity contribution < 1.29 is 15.3 Å². The first-order valence-corrected chi connectivity index (χ1v) is 4.08. The van der Waals surface area contributed by atoms with Crippen LogP contribution in [0.25, 0.3) is 0 Å². The highest BCUT2D eigenvalue weighted by molar-refractivity contribution is 5.56. The number of benzene rings is 1. The summed E-state index contributed by atoms with van der Waals surface area (Å²) in [6.45, 7) is 0. The van der Waals surface area contributed by atoms with Gasteiger partial charge in [0.25, 0.3) is 0 Å². The Balaban J connectivity index is 2.54. The Kier molecular flexibility index (Phi) is 1.44. The zero-order chi connectivity index (χ0) is 9.64.